The number of aryl methyl sites for hydroxylation is 1. The molecule has 1 aromatic carbocycles. The number of nitrogens with zero attached hydrogens (tertiary/aromatic N) is 2. The standard InChI is InChI=1S/C14H11FN2/c1-2-10-3-6-14(17-9-10)11-4-5-12(8-16)13(15)7-11/h3-7,9H,2H2,1H3. The Morgan fingerprint density at radius 3 is 2.65 bits per heavy atom. The van der Waals surface area contributed by atoms with Gasteiger partial charge in [0.15, 0.2) is 0 Å². The maximum Gasteiger partial charge on any atom is 0.141 e. The second-order valence-electron chi connectivity index (χ2n) is 3.71. The number of pyridine rings is 1. The Morgan fingerprint density at radius 2 is 2.12 bits per heavy atom. The van der Waals surface area contributed by atoms with Crippen LogP contribution in [0.3, 0.4) is 0 Å². The zero-order valence-electron chi connectivity index (χ0n) is 9.44. The summed E-state index contributed by atoms with van der Waals surface area (Å²) in [5.74, 6) is -0.508. The van der Waals surface area contributed by atoms with Crippen molar-refractivity contribution in [2.75, 3.05) is 0 Å². The molecule has 0 amide bonds. The molecule has 0 atom stereocenters. The van der Waals surface area contributed by atoms with E-state index in [0.29, 0.717) is 11.3 Å². The van der Waals surface area contributed by atoms with Crippen LogP contribution >= 0.6 is 0 Å². The summed E-state index contributed by atoms with van der Waals surface area (Å²) >= 11 is 0. The minimum atomic E-state index is -0.508. The molecule has 0 saturated heterocycles. The van der Waals surface area contributed by atoms with E-state index in [0.717, 1.165) is 12.0 Å². The summed E-state index contributed by atoms with van der Waals surface area (Å²) < 4.78 is 13.4. The van der Waals surface area contributed by atoms with E-state index in [9.17, 15) is 4.39 Å². The van der Waals surface area contributed by atoms with Crippen LogP contribution in [0.1, 0.15) is 18.1 Å². The summed E-state index contributed by atoms with van der Waals surface area (Å²) in [6.45, 7) is 2.05. The number of hydrogen-bond acceptors (Lipinski definition) is 2. The van der Waals surface area contributed by atoms with Gasteiger partial charge in [0, 0.05) is 11.8 Å². The van der Waals surface area contributed by atoms with Gasteiger partial charge in [-0.25, -0.2) is 4.39 Å². The topological polar surface area (TPSA) is 36.7 Å². The van der Waals surface area contributed by atoms with Crippen molar-refractivity contribution >= 4 is 0 Å². The first-order valence-corrected chi connectivity index (χ1v) is 5.39. The highest BCUT2D eigenvalue weighted by Crippen LogP contribution is 2.20. The monoisotopic (exact) mass is 226 g/mol. The molecular formula is C14H11FN2. The molecule has 0 saturated carbocycles. The van der Waals surface area contributed by atoms with Crippen molar-refractivity contribution in [2.45, 2.75) is 13.3 Å². The van der Waals surface area contributed by atoms with Crippen LogP contribution in [0, 0.1) is 17.1 Å². The quantitative estimate of drug-likeness (QED) is 0.787. The van der Waals surface area contributed by atoms with Crippen LogP contribution in [0.5, 0.6) is 0 Å². The first-order valence-electron chi connectivity index (χ1n) is 5.39. The average molecular weight is 226 g/mol. The van der Waals surface area contributed by atoms with Crippen molar-refractivity contribution in [1.29, 1.82) is 5.26 Å². The molecule has 0 radical (unpaired) electrons. The third-order valence-electron chi connectivity index (χ3n) is 2.62. The highest BCUT2D eigenvalue weighted by molar-refractivity contribution is 5.60. The minimum absolute atomic E-state index is 0.0546. The molecule has 0 fully saturated rings. The summed E-state index contributed by atoms with van der Waals surface area (Å²) in [6.07, 6.45) is 2.71. The Morgan fingerprint density at radius 1 is 1.29 bits per heavy atom. The maximum absolute atomic E-state index is 13.4. The van der Waals surface area contributed by atoms with E-state index in [1.54, 1.807) is 18.3 Å². The van der Waals surface area contributed by atoms with Gasteiger partial charge in [-0.3, -0.25) is 4.98 Å². The van der Waals surface area contributed by atoms with Gasteiger partial charge in [0.25, 0.3) is 0 Å². The predicted octanol–water partition coefficient (Wildman–Crippen LogP) is 3.32. The lowest BCUT2D eigenvalue weighted by Gasteiger charge is -2.03. The van der Waals surface area contributed by atoms with E-state index in [4.69, 9.17) is 5.26 Å². The number of rotatable bonds is 2. The van der Waals surface area contributed by atoms with Gasteiger partial charge in [0.05, 0.1) is 11.3 Å². The van der Waals surface area contributed by atoms with E-state index < -0.39 is 5.82 Å². The first-order chi connectivity index (χ1) is 8.24. The van der Waals surface area contributed by atoms with Crippen molar-refractivity contribution < 1.29 is 4.39 Å². The second-order valence-corrected chi connectivity index (χ2v) is 3.71. The summed E-state index contributed by atoms with van der Waals surface area (Å²) in [5, 5.41) is 8.64. The zero-order valence-corrected chi connectivity index (χ0v) is 9.44. The molecule has 1 heterocycles. The lowest BCUT2D eigenvalue weighted by Crippen LogP contribution is -1.89. The summed E-state index contributed by atoms with van der Waals surface area (Å²) in [7, 11) is 0. The molecule has 17 heavy (non-hydrogen) atoms. The normalized spacial score (nSPS) is 9.94. The molecule has 3 heteroatoms. The van der Waals surface area contributed by atoms with E-state index in [1.807, 2.05) is 12.1 Å². The molecular weight excluding hydrogens is 215 g/mol. The van der Waals surface area contributed by atoms with E-state index in [1.165, 1.54) is 12.1 Å². The fourth-order valence-electron chi connectivity index (χ4n) is 1.57. The Balaban J connectivity index is 2.40. The van der Waals surface area contributed by atoms with Gasteiger partial charge in [0.2, 0.25) is 0 Å². The summed E-state index contributed by atoms with van der Waals surface area (Å²) in [4.78, 5) is 4.27. The molecule has 0 spiro atoms. The van der Waals surface area contributed by atoms with Gasteiger partial charge in [-0.15, -0.1) is 0 Å². The lowest BCUT2D eigenvalue weighted by molar-refractivity contribution is 0.624. The molecule has 0 aliphatic carbocycles. The van der Waals surface area contributed by atoms with E-state index >= 15 is 0 Å². The van der Waals surface area contributed by atoms with Gasteiger partial charge < -0.3 is 0 Å². The number of nitriles is 1. The molecule has 84 valence electrons. The highest BCUT2D eigenvalue weighted by atomic mass is 19.1. The van der Waals surface area contributed by atoms with Gasteiger partial charge in [-0.05, 0) is 30.2 Å². The van der Waals surface area contributed by atoms with Crippen LogP contribution in [0.2, 0.25) is 0 Å². The first kappa shape index (κ1) is 11.3. The van der Waals surface area contributed by atoms with Crippen molar-refractivity contribution in [3.8, 4) is 17.3 Å². The molecule has 0 aliphatic rings. The van der Waals surface area contributed by atoms with Gasteiger partial charge in [-0.2, -0.15) is 5.26 Å². The molecule has 2 nitrogen and oxygen atoms in total. The number of benzene rings is 1. The minimum Gasteiger partial charge on any atom is -0.256 e. The van der Waals surface area contributed by atoms with Gasteiger partial charge in [0.1, 0.15) is 11.9 Å². The molecule has 0 aliphatic heterocycles. The number of halogens is 1. The fraction of sp³-hybridized carbons (Fsp3) is 0.143. The van der Waals surface area contributed by atoms with E-state index in [2.05, 4.69) is 11.9 Å². The number of aromatic nitrogens is 1. The largest absolute Gasteiger partial charge is 0.256 e. The Bertz CT molecular complexity index is 568. The Labute approximate surface area is 99.4 Å². The SMILES string of the molecule is CCc1ccc(-c2ccc(C#N)c(F)c2)nc1. The number of hydrogen-bond donors (Lipinski definition) is 0. The van der Waals surface area contributed by atoms with Crippen LogP contribution in [-0.4, -0.2) is 4.98 Å². The Kier molecular flexibility index (Phi) is 3.15. The van der Waals surface area contributed by atoms with Crippen molar-refractivity contribution in [3.05, 3.63) is 53.5 Å². The predicted molar refractivity (Wildman–Crippen MR) is 63.7 cm³/mol. The van der Waals surface area contributed by atoms with Crippen LogP contribution in [0.25, 0.3) is 11.3 Å². The molecule has 1 aromatic heterocycles. The molecule has 2 aromatic rings. The molecule has 2 rings (SSSR count). The van der Waals surface area contributed by atoms with Crippen molar-refractivity contribution in [3.63, 3.8) is 0 Å². The average Bonchev–Trinajstić information content (AvgIpc) is 2.39. The third kappa shape index (κ3) is 2.31. The van der Waals surface area contributed by atoms with Crippen LogP contribution in [0.4, 0.5) is 4.39 Å². The van der Waals surface area contributed by atoms with E-state index in [-0.39, 0.29) is 5.56 Å². The third-order valence-corrected chi connectivity index (χ3v) is 2.62. The second kappa shape index (κ2) is 4.75. The smallest absolute Gasteiger partial charge is 0.141 e. The fourth-order valence-corrected chi connectivity index (χ4v) is 1.57. The summed E-state index contributed by atoms with van der Waals surface area (Å²) in [6, 6.07) is 10.1. The van der Waals surface area contributed by atoms with Gasteiger partial charge in [-0.1, -0.05) is 19.1 Å². The summed E-state index contributed by atoms with van der Waals surface area (Å²) in [5.41, 5.74) is 2.59. The van der Waals surface area contributed by atoms with Gasteiger partial charge >= 0.3 is 0 Å². The van der Waals surface area contributed by atoms with Crippen LogP contribution < -0.4 is 0 Å². The zero-order chi connectivity index (χ0) is 12.3. The lowest BCUT2D eigenvalue weighted by atomic mass is 10.1. The molecule has 0 N–H and O–H groups in total. The van der Waals surface area contributed by atoms with Crippen LogP contribution in [0.15, 0.2) is 36.5 Å². The molecule has 0 unspecified atom stereocenters. The van der Waals surface area contributed by atoms with Crippen molar-refractivity contribution in [2.24, 2.45) is 0 Å². The Hall–Kier alpha value is -2.21. The molecule has 0 bridgehead atoms. The highest BCUT2D eigenvalue weighted by Gasteiger charge is 2.05. The maximum atomic E-state index is 13.4. The van der Waals surface area contributed by atoms with Crippen LogP contribution in [-0.2, 0) is 6.42 Å². The van der Waals surface area contributed by atoms with Crippen molar-refractivity contribution in [1.82, 2.24) is 4.98 Å².